The minimum atomic E-state index is -0.582. The molecule has 0 saturated heterocycles. The molecule has 17 heavy (non-hydrogen) atoms. The second kappa shape index (κ2) is 4.58. The lowest BCUT2D eigenvalue weighted by molar-refractivity contribution is 0.432. The van der Waals surface area contributed by atoms with Gasteiger partial charge in [-0.2, -0.15) is 0 Å². The van der Waals surface area contributed by atoms with E-state index in [0.29, 0.717) is 5.92 Å². The zero-order valence-electron chi connectivity index (χ0n) is 9.94. The third-order valence-corrected chi connectivity index (χ3v) is 2.84. The van der Waals surface area contributed by atoms with Crippen LogP contribution < -0.4 is 0 Å². The van der Waals surface area contributed by atoms with E-state index >= 15 is 0 Å². The lowest BCUT2D eigenvalue weighted by atomic mass is 9.92. The Labute approximate surface area is 101 Å². The molecule has 2 heteroatoms. The van der Waals surface area contributed by atoms with Crippen molar-refractivity contribution >= 4 is 0 Å². The van der Waals surface area contributed by atoms with Gasteiger partial charge >= 0.3 is 0 Å². The standard InChI is InChI=1S/C15H15FO/c1-10(2)12-5-3-4-6-13(12)11-7-8-15(17)14(16)9-11/h3-10,17H,1-2H3. The molecule has 1 nitrogen and oxygen atoms in total. The Balaban J connectivity index is 2.56. The highest BCUT2D eigenvalue weighted by atomic mass is 19.1. The highest BCUT2D eigenvalue weighted by Gasteiger charge is 2.09. The van der Waals surface area contributed by atoms with Crippen LogP contribution in [0.15, 0.2) is 42.5 Å². The maximum atomic E-state index is 13.3. The predicted octanol–water partition coefficient (Wildman–Crippen LogP) is 4.32. The van der Waals surface area contributed by atoms with E-state index in [1.165, 1.54) is 17.7 Å². The normalized spacial score (nSPS) is 10.8. The summed E-state index contributed by atoms with van der Waals surface area (Å²) in [6.45, 7) is 4.21. The molecule has 1 N–H and O–H groups in total. The Morgan fingerprint density at radius 3 is 2.41 bits per heavy atom. The van der Waals surface area contributed by atoms with Gasteiger partial charge in [-0.25, -0.2) is 4.39 Å². The third kappa shape index (κ3) is 2.31. The number of phenolic OH excluding ortho intramolecular Hbond substituents is 1. The predicted molar refractivity (Wildman–Crippen MR) is 67.6 cm³/mol. The van der Waals surface area contributed by atoms with E-state index in [2.05, 4.69) is 13.8 Å². The maximum absolute atomic E-state index is 13.3. The van der Waals surface area contributed by atoms with Crippen LogP contribution in [0.2, 0.25) is 0 Å². The number of aromatic hydroxyl groups is 1. The van der Waals surface area contributed by atoms with Crippen LogP contribution in [0.5, 0.6) is 5.75 Å². The van der Waals surface area contributed by atoms with E-state index < -0.39 is 5.82 Å². The Kier molecular flexibility index (Phi) is 3.14. The quantitative estimate of drug-likeness (QED) is 0.814. The summed E-state index contributed by atoms with van der Waals surface area (Å²) >= 11 is 0. The van der Waals surface area contributed by atoms with Crippen LogP contribution in [0.1, 0.15) is 25.3 Å². The van der Waals surface area contributed by atoms with Gasteiger partial charge in [-0.15, -0.1) is 0 Å². The first-order valence-electron chi connectivity index (χ1n) is 5.67. The summed E-state index contributed by atoms with van der Waals surface area (Å²) in [5.74, 6) is -0.514. The molecule has 0 amide bonds. The van der Waals surface area contributed by atoms with E-state index in [1.54, 1.807) is 6.07 Å². The van der Waals surface area contributed by atoms with Gasteiger partial charge in [0, 0.05) is 0 Å². The Hall–Kier alpha value is -1.83. The molecule has 2 rings (SSSR count). The van der Waals surface area contributed by atoms with E-state index in [1.807, 2.05) is 24.3 Å². The van der Waals surface area contributed by atoms with Crippen molar-refractivity contribution in [1.29, 1.82) is 0 Å². The second-order valence-electron chi connectivity index (χ2n) is 4.41. The number of phenols is 1. The molecule has 0 heterocycles. The molecule has 0 bridgehead atoms. The van der Waals surface area contributed by atoms with Crippen LogP contribution in [0.4, 0.5) is 4.39 Å². The highest BCUT2D eigenvalue weighted by molar-refractivity contribution is 5.68. The van der Waals surface area contributed by atoms with Crippen LogP contribution in [-0.2, 0) is 0 Å². The molecule has 0 aliphatic heterocycles. The van der Waals surface area contributed by atoms with E-state index in [9.17, 15) is 9.50 Å². The van der Waals surface area contributed by atoms with Gasteiger partial charge in [0.2, 0.25) is 0 Å². The van der Waals surface area contributed by atoms with Crippen LogP contribution in [0.3, 0.4) is 0 Å². The monoisotopic (exact) mass is 230 g/mol. The molecule has 0 radical (unpaired) electrons. The van der Waals surface area contributed by atoms with Crippen molar-refractivity contribution in [2.45, 2.75) is 19.8 Å². The molecule has 0 aliphatic carbocycles. The van der Waals surface area contributed by atoms with E-state index in [0.717, 1.165) is 11.1 Å². The number of halogens is 1. The van der Waals surface area contributed by atoms with Crippen LogP contribution in [0, 0.1) is 5.82 Å². The topological polar surface area (TPSA) is 20.2 Å². The fraction of sp³-hybridized carbons (Fsp3) is 0.200. The molecule has 88 valence electrons. The first-order valence-corrected chi connectivity index (χ1v) is 5.67. The smallest absolute Gasteiger partial charge is 0.165 e. The number of hydrogen-bond acceptors (Lipinski definition) is 1. The first kappa shape index (κ1) is 11.6. The third-order valence-electron chi connectivity index (χ3n) is 2.84. The Morgan fingerprint density at radius 2 is 1.76 bits per heavy atom. The van der Waals surface area contributed by atoms with Crippen molar-refractivity contribution in [2.75, 3.05) is 0 Å². The van der Waals surface area contributed by atoms with Gasteiger partial charge in [0.05, 0.1) is 0 Å². The van der Waals surface area contributed by atoms with Crippen molar-refractivity contribution in [2.24, 2.45) is 0 Å². The maximum Gasteiger partial charge on any atom is 0.165 e. The molecular formula is C15H15FO. The van der Waals surface area contributed by atoms with Crippen LogP contribution >= 0.6 is 0 Å². The van der Waals surface area contributed by atoms with E-state index in [4.69, 9.17) is 0 Å². The molecule has 0 atom stereocenters. The minimum absolute atomic E-state index is 0.309. The lowest BCUT2D eigenvalue weighted by Crippen LogP contribution is -1.92. The summed E-state index contributed by atoms with van der Waals surface area (Å²) in [5, 5.41) is 9.19. The van der Waals surface area contributed by atoms with Gasteiger partial charge < -0.3 is 5.11 Å². The molecule has 0 spiro atoms. The van der Waals surface area contributed by atoms with Crippen molar-refractivity contribution in [3.8, 4) is 16.9 Å². The number of benzene rings is 2. The molecular weight excluding hydrogens is 215 g/mol. The summed E-state index contributed by atoms with van der Waals surface area (Å²) < 4.78 is 13.3. The minimum Gasteiger partial charge on any atom is -0.505 e. The molecule has 0 fully saturated rings. The summed E-state index contributed by atoms with van der Waals surface area (Å²) in [4.78, 5) is 0. The molecule has 0 saturated carbocycles. The van der Waals surface area contributed by atoms with Crippen molar-refractivity contribution in [3.63, 3.8) is 0 Å². The zero-order valence-corrected chi connectivity index (χ0v) is 9.94. The van der Waals surface area contributed by atoms with Gasteiger partial charge in [0.1, 0.15) is 0 Å². The Morgan fingerprint density at radius 1 is 1.06 bits per heavy atom. The fourth-order valence-corrected chi connectivity index (χ4v) is 1.94. The molecule has 0 aromatic heterocycles. The summed E-state index contributed by atoms with van der Waals surface area (Å²) in [6.07, 6.45) is 0. The Bertz CT molecular complexity index is 532. The second-order valence-corrected chi connectivity index (χ2v) is 4.41. The average Bonchev–Trinajstić information content (AvgIpc) is 2.32. The summed E-state index contributed by atoms with van der Waals surface area (Å²) in [6, 6.07) is 12.4. The van der Waals surface area contributed by atoms with E-state index in [-0.39, 0.29) is 5.75 Å². The molecule has 0 unspecified atom stereocenters. The van der Waals surface area contributed by atoms with Crippen LogP contribution in [0.25, 0.3) is 11.1 Å². The SMILES string of the molecule is CC(C)c1ccccc1-c1ccc(O)c(F)c1. The molecule has 2 aromatic carbocycles. The fourth-order valence-electron chi connectivity index (χ4n) is 1.94. The lowest BCUT2D eigenvalue weighted by Gasteiger charge is -2.12. The largest absolute Gasteiger partial charge is 0.505 e. The van der Waals surface area contributed by atoms with Gasteiger partial charge in [-0.1, -0.05) is 44.2 Å². The summed E-state index contributed by atoms with van der Waals surface area (Å²) in [7, 11) is 0. The average molecular weight is 230 g/mol. The van der Waals surface area contributed by atoms with Gasteiger partial charge in [-0.3, -0.25) is 0 Å². The van der Waals surface area contributed by atoms with Crippen molar-refractivity contribution < 1.29 is 9.50 Å². The molecule has 0 aliphatic rings. The highest BCUT2D eigenvalue weighted by Crippen LogP contribution is 2.31. The van der Waals surface area contributed by atoms with Gasteiger partial charge in [0.15, 0.2) is 11.6 Å². The number of hydrogen-bond donors (Lipinski definition) is 1. The van der Waals surface area contributed by atoms with Gasteiger partial charge in [0.25, 0.3) is 0 Å². The van der Waals surface area contributed by atoms with Crippen molar-refractivity contribution in [3.05, 3.63) is 53.8 Å². The summed E-state index contributed by atoms with van der Waals surface area (Å²) in [5.41, 5.74) is 2.99. The first-order chi connectivity index (χ1) is 8.09. The number of rotatable bonds is 2. The van der Waals surface area contributed by atoms with Crippen LogP contribution in [-0.4, -0.2) is 5.11 Å². The zero-order chi connectivity index (χ0) is 12.4. The van der Waals surface area contributed by atoms with Crippen molar-refractivity contribution in [1.82, 2.24) is 0 Å². The van der Waals surface area contributed by atoms with Gasteiger partial charge in [-0.05, 0) is 34.7 Å². The molecule has 2 aromatic rings.